The highest BCUT2D eigenvalue weighted by Crippen LogP contribution is 2.35. The third-order valence-electron chi connectivity index (χ3n) is 4.66. The molecular weight excluding hydrogens is 323 g/mol. The number of nitrogens with one attached hydrogen (secondary N) is 1. The molecule has 2 aliphatic rings. The quantitative estimate of drug-likeness (QED) is 0.905. The van der Waals surface area contributed by atoms with Crippen molar-refractivity contribution in [3.05, 3.63) is 12.4 Å². The number of hydrogen-bond donors (Lipinski definition) is 1. The van der Waals surface area contributed by atoms with E-state index in [0.717, 1.165) is 13.0 Å². The second-order valence-electron chi connectivity index (χ2n) is 6.44. The zero-order chi connectivity index (χ0) is 17.5. The van der Waals surface area contributed by atoms with E-state index < -0.39 is 18.1 Å². The zero-order valence-electron chi connectivity index (χ0n) is 13.5. The Morgan fingerprint density at radius 2 is 2.08 bits per heavy atom. The van der Waals surface area contributed by atoms with Crippen LogP contribution in [0.4, 0.5) is 24.8 Å². The molecule has 0 aliphatic carbocycles. The normalized spacial score (nSPS) is 22.6. The van der Waals surface area contributed by atoms with E-state index in [1.54, 1.807) is 22.8 Å². The summed E-state index contributed by atoms with van der Waals surface area (Å²) in [4.78, 5) is 23.7. The average Bonchev–Trinajstić information content (AvgIpc) is 2.43. The largest absolute Gasteiger partial charge is 0.395 e. The summed E-state index contributed by atoms with van der Waals surface area (Å²) in [6, 6.07) is 1.38. The molecule has 24 heavy (non-hydrogen) atoms. The van der Waals surface area contributed by atoms with E-state index in [1.807, 2.05) is 6.92 Å². The molecule has 132 valence electrons. The first-order chi connectivity index (χ1) is 11.3. The van der Waals surface area contributed by atoms with Gasteiger partial charge in [-0.15, -0.1) is 0 Å². The van der Waals surface area contributed by atoms with Gasteiger partial charge in [0.15, 0.2) is 0 Å². The number of carbonyl (C=O) groups is 1. The number of halogens is 3. The number of anilines is 2. The fourth-order valence-electron chi connectivity index (χ4n) is 2.85. The summed E-state index contributed by atoms with van der Waals surface area (Å²) in [5.41, 5.74) is 0. The number of likely N-dealkylation sites (tertiary alicyclic amines) is 1. The van der Waals surface area contributed by atoms with E-state index >= 15 is 0 Å². The second-order valence-corrected chi connectivity index (χ2v) is 6.44. The fourth-order valence-corrected chi connectivity index (χ4v) is 2.85. The number of hydrogen-bond acceptors (Lipinski definition) is 5. The Morgan fingerprint density at radius 1 is 1.38 bits per heavy atom. The molecule has 2 atom stereocenters. The van der Waals surface area contributed by atoms with Crippen LogP contribution in [0.1, 0.15) is 20.3 Å². The van der Waals surface area contributed by atoms with E-state index in [9.17, 15) is 18.0 Å². The van der Waals surface area contributed by atoms with Crippen LogP contribution in [0.3, 0.4) is 0 Å². The lowest BCUT2D eigenvalue weighted by Crippen LogP contribution is -2.54. The van der Waals surface area contributed by atoms with Gasteiger partial charge in [-0.2, -0.15) is 13.2 Å². The molecule has 1 aromatic heterocycles. The van der Waals surface area contributed by atoms with E-state index in [-0.39, 0.29) is 25.0 Å². The Balaban J connectivity index is 1.59. The molecular formula is C15H20F3N5O. The summed E-state index contributed by atoms with van der Waals surface area (Å²) in [6.07, 6.45) is -1.87. The number of carbonyl (C=O) groups excluding carboxylic acids is 1. The third-order valence-corrected chi connectivity index (χ3v) is 4.66. The van der Waals surface area contributed by atoms with Crippen molar-refractivity contribution in [2.45, 2.75) is 38.5 Å². The SMILES string of the molecule is C[C@@H](Nc1cc(N2CC(C(F)(F)F)C2)ncn1)C(=O)N1CC[C@@H]1C. The molecule has 0 spiro atoms. The fraction of sp³-hybridized carbons (Fsp3) is 0.667. The first-order valence-corrected chi connectivity index (χ1v) is 7.96. The van der Waals surface area contributed by atoms with Crippen molar-refractivity contribution in [3.63, 3.8) is 0 Å². The highest BCUT2D eigenvalue weighted by atomic mass is 19.4. The van der Waals surface area contributed by atoms with Gasteiger partial charge in [0, 0.05) is 31.7 Å². The summed E-state index contributed by atoms with van der Waals surface area (Å²) in [5, 5.41) is 3.01. The molecule has 0 radical (unpaired) electrons. The van der Waals surface area contributed by atoms with Gasteiger partial charge >= 0.3 is 6.18 Å². The lowest BCUT2D eigenvalue weighted by atomic mass is 10.00. The molecule has 0 saturated carbocycles. The van der Waals surface area contributed by atoms with E-state index in [0.29, 0.717) is 11.6 Å². The Hall–Kier alpha value is -2.06. The highest BCUT2D eigenvalue weighted by molar-refractivity contribution is 5.85. The minimum absolute atomic E-state index is 0.00463. The molecule has 6 nitrogen and oxygen atoms in total. The summed E-state index contributed by atoms with van der Waals surface area (Å²) in [6.45, 7) is 4.31. The first-order valence-electron chi connectivity index (χ1n) is 7.96. The predicted octanol–water partition coefficient (Wildman–Crippen LogP) is 1.90. The smallest absolute Gasteiger partial charge is 0.358 e. The van der Waals surface area contributed by atoms with Crippen LogP contribution in [0.2, 0.25) is 0 Å². The molecule has 0 aromatic carbocycles. The minimum Gasteiger partial charge on any atom is -0.358 e. The molecule has 9 heteroatoms. The van der Waals surface area contributed by atoms with Crippen LogP contribution in [0.25, 0.3) is 0 Å². The van der Waals surface area contributed by atoms with Gasteiger partial charge in [-0.05, 0) is 20.3 Å². The molecule has 0 unspecified atom stereocenters. The van der Waals surface area contributed by atoms with Crippen molar-refractivity contribution < 1.29 is 18.0 Å². The van der Waals surface area contributed by atoms with Gasteiger partial charge in [0.25, 0.3) is 0 Å². The third kappa shape index (κ3) is 3.25. The van der Waals surface area contributed by atoms with Gasteiger partial charge in [-0.1, -0.05) is 0 Å². The molecule has 2 fully saturated rings. The number of nitrogens with zero attached hydrogens (tertiary/aromatic N) is 4. The molecule has 3 heterocycles. The summed E-state index contributed by atoms with van der Waals surface area (Å²) >= 11 is 0. The van der Waals surface area contributed by atoms with Crippen molar-refractivity contribution in [2.24, 2.45) is 5.92 Å². The zero-order valence-corrected chi connectivity index (χ0v) is 13.5. The van der Waals surface area contributed by atoms with Crippen molar-refractivity contribution >= 4 is 17.5 Å². The average molecular weight is 343 g/mol. The maximum atomic E-state index is 12.6. The summed E-state index contributed by atoms with van der Waals surface area (Å²) in [7, 11) is 0. The predicted molar refractivity (Wildman–Crippen MR) is 82.7 cm³/mol. The van der Waals surface area contributed by atoms with Gasteiger partial charge in [-0.25, -0.2) is 9.97 Å². The van der Waals surface area contributed by atoms with Crippen LogP contribution >= 0.6 is 0 Å². The Bertz CT molecular complexity index is 617. The Labute approximate surface area is 138 Å². The molecule has 2 aliphatic heterocycles. The van der Waals surface area contributed by atoms with Crippen LogP contribution in [0.5, 0.6) is 0 Å². The number of aromatic nitrogens is 2. The van der Waals surface area contributed by atoms with Gasteiger partial charge in [-0.3, -0.25) is 4.79 Å². The maximum absolute atomic E-state index is 12.6. The second kappa shape index (κ2) is 6.10. The molecule has 1 amide bonds. The minimum atomic E-state index is -4.17. The van der Waals surface area contributed by atoms with Crippen molar-refractivity contribution in [2.75, 3.05) is 29.9 Å². The molecule has 1 aromatic rings. The molecule has 1 N–H and O–H groups in total. The standard InChI is InChI=1S/C15H20F3N5O/c1-9-3-4-23(9)14(24)10(2)21-12-5-13(20-8-19-12)22-6-11(7-22)15(16,17)18/h5,8-11H,3-4,6-7H2,1-2H3,(H,19,20,21)/t9-,10+/m0/s1. The number of amides is 1. The topological polar surface area (TPSA) is 61.4 Å². The Morgan fingerprint density at radius 3 is 2.62 bits per heavy atom. The van der Waals surface area contributed by atoms with E-state index in [4.69, 9.17) is 0 Å². The number of rotatable bonds is 4. The highest BCUT2D eigenvalue weighted by Gasteiger charge is 2.47. The van der Waals surface area contributed by atoms with Crippen molar-refractivity contribution in [3.8, 4) is 0 Å². The van der Waals surface area contributed by atoms with Crippen LogP contribution in [-0.4, -0.2) is 58.7 Å². The van der Waals surface area contributed by atoms with Crippen molar-refractivity contribution in [1.29, 1.82) is 0 Å². The molecule has 0 bridgehead atoms. The van der Waals surface area contributed by atoms with E-state index in [2.05, 4.69) is 15.3 Å². The van der Waals surface area contributed by atoms with Crippen molar-refractivity contribution in [1.82, 2.24) is 14.9 Å². The van der Waals surface area contributed by atoms with Gasteiger partial charge in [0.2, 0.25) is 5.91 Å². The summed E-state index contributed by atoms with van der Waals surface area (Å²) in [5.74, 6) is -0.443. The monoisotopic (exact) mass is 343 g/mol. The van der Waals surface area contributed by atoms with Crippen LogP contribution < -0.4 is 10.2 Å². The number of alkyl halides is 3. The van der Waals surface area contributed by atoms with E-state index in [1.165, 1.54) is 6.33 Å². The van der Waals surface area contributed by atoms with Crippen LogP contribution in [-0.2, 0) is 4.79 Å². The lowest BCUT2D eigenvalue weighted by molar-refractivity contribution is -0.180. The van der Waals surface area contributed by atoms with Gasteiger partial charge in [0.1, 0.15) is 24.0 Å². The van der Waals surface area contributed by atoms with Gasteiger partial charge in [0.05, 0.1) is 5.92 Å². The lowest BCUT2D eigenvalue weighted by Gasteiger charge is -2.41. The summed E-state index contributed by atoms with van der Waals surface area (Å²) < 4.78 is 37.7. The maximum Gasteiger partial charge on any atom is 0.395 e. The Kier molecular flexibility index (Phi) is 4.27. The van der Waals surface area contributed by atoms with Gasteiger partial charge < -0.3 is 15.1 Å². The molecule has 2 saturated heterocycles. The molecule has 3 rings (SSSR count). The van der Waals surface area contributed by atoms with Crippen LogP contribution in [0.15, 0.2) is 12.4 Å². The van der Waals surface area contributed by atoms with Crippen LogP contribution in [0, 0.1) is 5.92 Å². The first kappa shape index (κ1) is 16.8.